The number of rotatable bonds is 4. The van der Waals surface area contributed by atoms with E-state index >= 15 is 0 Å². The van der Waals surface area contributed by atoms with Crippen LogP contribution in [0.3, 0.4) is 0 Å². The molecular formula is C22H21BrN2O3S. The second-order valence-corrected chi connectivity index (χ2v) is 10.5. The van der Waals surface area contributed by atoms with Crippen LogP contribution in [0.1, 0.15) is 24.8 Å². The fraction of sp³-hybridized carbons (Fsp3) is 0.318. The Morgan fingerprint density at radius 2 is 2.00 bits per heavy atom. The van der Waals surface area contributed by atoms with Gasteiger partial charge in [-0.25, -0.2) is 8.42 Å². The van der Waals surface area contributed by atoms with Crippen molar-refractivity contribution in [1.82, 2.24) is 0 Å². The maximum absolute atomic E-state index is 13.5. The first kappa shape index (κ1) is 20.0. The van der Waals surface area contributed by atoms with Crippen molar-refractivity contribution in [2.45, 2.75) is 37.2 Å². The maximum atomic E-state index is 13.5. The summed E-state index contributed by atoms with van der Waals surface area (Å²) >= 11 is 3.43. The van der Waals surface area contributed by atoms with Gasteiger partial charge >= 0.3 is 0 Å². The molecule has 0 amide bonds. The number of ether oxygens (including phenoxy) is 1. The van der Waals surface area contributed by atoms with E-state index in [9.17, 15) is 13.7 Å². The molecule has 1 heterocycles. The molecule has 0 bridgehead atoms. The number of aryl methyl sites for hydroxylation is 1. The zero-order chi connectivity index (χ0) is 20.6. The summed E-state index contributed by atoms with van der Waals surface area (Å²) in [5.41, 5.74) is 0.856. The van der Waals surface area contributed by atoms with E-state index in [1.807, 2.05) is 31.2 Å². The molecule has 0 unspecified atom stereocenters. The molecule has 29 heavy (non-hydrogen) atoms. The third kappa shape index (κ3) is 3.79. The van der Waals surface area contributed by atoms with Crippen LogP contribution in [-0.4, -0.2) is 21.1 Å². The zero-order valence-electron chi connectivity index (χ0n) is 16.0. The SMILES string of the molecule is Cc1cccc(S(=O)(=O)N2C[C@H](CC3(C#N)CC=CC3)Oc3ccc(Br)cc32)c1. The minimum atomic E-state index is -3.77. The van der Waals surface area contributed by atoms with Crippen molar-refractivity contribution in [3.8, 4) is 11.8 Å². The van der Waals surface area contributed by atoms with Crippen molar-refractivity contribution in [3.05, 3.63) is 64.7 Å². The number of hydrogen-bond donors (Lipinski definition) is 0. The van der Waals surface area contributed by atoms with Gasteiger partial charge in [-0.1, -0.05) is 40.2 Å². The summed E-state index contributed by atoms with van der Waals surface area (Å²) in [6.45, 7) is 2.04. The number of nitrogens with zero attached hydrogens (tertiary/aromatic N) is 2. The summed E-state index contributed by atoms with van der Waals surface area (Å²) in [6, 6.07) is 14.7. The monoisotopic (exact) mass is 472 g/mol. The van der Waals surface area contributed by atoms with Crippen molar-refractivity contribution in [1.29, 1.82) is 5.26 Å². The largest absolute Gasteiger partial charge is 0.486 e. The van der Waals surface area contributed by atoms with Crippen LogP contribution in [0.2, 0.25) is 0 Å². The minimum absolute atomic E-state index is 0.170. The molecule has 0 aromatic heterocycles. The molecule has 4 rings (SSSR count). The summed E-state index contributed by atoms with van der Waals surface area (Å²) in [5, 5.41) is 9.73. The average molecular weight is 473 g/mol. The molecule has 0 saturated carbocycles. The van der Waals surface area contributed by atoms with Gasteiger partial charge in [0.05, 0.1) is 28.6 Å². The molecule has 2 aromatic rings. The number of fused-ring (bicyclic) bond motifs is 1. The lowest BCUT2D eigenvalue weighted by Gasteiger charge is -2.38. The van der Waals surface area contributed by atoms with Crippen molar-refractivity contribution < 1.29 is 13.2 Å². The summed E-state index contributed by atoms with van der Waals surface area (Å²) < 4.78 is 35.4. The number of hydrogen-bond acceptors (Lipinski definition) is 4. The first-order chi connectivity index (χ1) is 13.8. The van der Waals surface area contributed by atoms with Gasteiger partial charge < -0.3 is 4.74 Å². The molecule has 1 atom stereocenters. The molecule has 5 nitrogen and oxygen atoms in total. The second-order valence-electron chi connectivity index (χ2n) is 7.68. The molecule has 2 aromatic carbocycles. The van der Waals surface area contributed by atoms with Crippen LogP contribution in [0.5, 0.6) is 5.75 Å². The standard InChI is InChI=1S/C22H21BrN2O3S/c1-16-5-4-6-19(11-16)29(26,27)25-14-18(13-22(15-24)9-2-3-10-22)28-21-8-7-17(23)12-20(21)25/h2-8,11-12,18H,9-10,13-14H2,1H3/t18-/m0/s1. The lowest BCUT2D eigenvalue weighted by molar-refractivity contribution is 0.148. The van der Waals surface area contributed by atoms with Gasteiger partial charge in [0.1, 0.15) is 11.9 Å². The lowest BCUT2D eigenvalue weighted by Crippen LogP contribution is -2.45. The Bertz CT molecular complexity index is 1110. The van der Waals surface area contributed by atoms with Crippen LogP contribution in [0.4, 0.5) is 5.69 Å². The summed E-state index contributed by atoms with van der Waals surface area (Å²) in [7, 11) is -3.77. The van der Waals surface area contributed by atoms with E-state index in [1.54, 1.807) is 30.3 Å². The fourth-order valence-electron chi connectivity index (χ4n) is 3.96. The van der Waals surface area contributed by atoms with Crippen LogP contribution in [0.15, 0.2) is 64.0 Å². The van der Waals surface area contributed by atoms with Gasteiger partial charge in [0, 0.05) is 10.9 Å². The predicted molar refractivity (Wildman–Crippen MR) is 115 cm³/mol. The van der Waals surface area contributed by atoms with E-state index in [0.717, 1.165) is 10.0 Å². The first-order valence-corrected chi connectivity index (χ1v) is 11.7. The van der Waals surface area contributed by atoms with Crippen LogP contribution in [0.25, 0.3) is 0 Å². The third-order valence-electron chi connectivity index (χ3n) is 5.47. The van der Waals surface area contributed by atoms with Crippen molar-refractivity contribution in [3.63, 3.8) is 0 Å². The molecule has 0 spiro atoms. The van der Waals surface area contributed by atoms with Gasteiger partial charge in [0.25, 0.3) is 10.0 Å². The predicted octanol–water partition coefficient (Wildman–Crippen LogP) is 4.96. The highest BCUT2D eigenvalue weighted by atomic mass is 79.9. The fourth-order valence-corrected chi connectivity index (χ4v) is 5.92. The van der Waals surface area contributed by atoms with Crippen molar-refractivity contribution >= 4 is 31.6 Å². The average Bonchev–Trinajstić information content (AvgIpc) is 3.16. The Labute approximate surface area is 179 Å². The van der Waals surface area contributed by atoms with Crippen LogP contribution in [-0.2, 0) is 10.0 Å². The molecule has 0 radical (unpaired) electrons. The van der Waals surface area contributed by atoms with Gasteiger partial charge in [0.2, 0.25) is 0 Å². The van der Waals surface area contributed by atoms with Gasteiger partial charge in [-0.05, 0) is 55.7 Å². The molecule has 0 fully saturated rings. The van der Waals surface area contributed by atoms with E-state index in [-0.39, 0.29) is 11.4 Å². The van der Waals surface area contributed by atoms with E-state index < -0.39 is 21.5 Å². The second kappa shape index (κ2) is 7.51. The van der Waals surface area contributed by atoms with Gasteiger partial charge in [0.15, 0.2) is 0 Å². The summed E-state index contributed by atoms with van der Waals surface area (Å²) in [6.07, 6.45) is 5.44. The summed E-state index contributed by atoms with van der Waals surface area (Å²) in [4.78, 5) is 0.251. The van der Waals surface area contributed by atoms with Crippen molar-refractivity contribution in [2.75, 3.05) is 10.8 Å². The molecule has 1 aliphatic carbocycles. The normalized spacial score (nSPS) is 20.0. The van der Waals surface area contributed by atoms with Gasteiger partial charge in [-0.2, -0.15) is 5.26 Å². The molecule has 2 aliphatic rings. The Hall–Kier alpha value is -2.30. The highest BCUT2D eigenvalue weighted by molar-refractivity contribution is 9.10. The Balaban J connectivity index is 1.74. The number of anilines is 1. The molecule has 0 N–H and O–H groups in total. The Kier molecular flexibility index (Phi) is 5.18. The lowest BCUT2D eigenvalue weighted by atomic mass is 9.81. The quantitative estimate of drug-likeness (QED) is 0.589. The smallest absolute Gasteiger partial charge is 0.264 e. The maximum Gasteiger partial charge on any atom is 0.264 e. The third-order valence-corrected chi connectivity index (χ3v) is 7.74. The minimum Gasteiger partial charge on any atom is -0.486 e. The molecule has 150 valence electrons. The van der Waals surface area contributed by atoms with E-state index in [4.69, 9.17) is 4.74 Å². The highest BCUT2D eigenvalue weighted by Gasteiger charge is 2.40. The first-order valence-electron chi connectivity index (χ1n) is 9.45. The zero-order valence-corrected chi connectivity index (χ0v) is 18.4. The summed E-state index contributed by atoms with van der Waals surface area (Å²) in [5.74, 6) is 0.514. The molecule has 0 saturated heterocycles. The van der Waals surface area contributed by atoms with Crippen LogP contribution in [0, 0.1) is 23.7 Å². The Morgan fingerprint density at radius 1 is 1.24 bits per heavy atom. The molecule has 7 heteroatoms. The van der Waals surface area contributed by atoms with Crippen LogP contribution >= 0.6 is 15.9 Å². The number of allylic oxidation sites excluding steroid dienone is 2. The molecule has 1 aliphatic heterocycles. The van der Waals surface area contributed by atoms with Gasteiger partial charge in [-0.3, -0.25) is 4.31 Å². The number of benzene rings is 2. The number of sulfonamides is 1. The number of halogens is 1. The van der Waals surface area contributed by atoms with E-state index in [1.165, 1.54) is 4.31 Å². The highest BCUT2D eigenvalue weighted by Crippen LogP contribution is 2.43. The van der Waals surface area contributed by atoms with Gasteiger partial charge in [-0.15, -0.1) is 0 Å². The van der Waals surface area contributed by atoms with Crippen molar-refractivity contribution in [2.24, 2.45) is 5.41 Å². The topological polar surface area (TPSA) is 70.4 Å². The Morgan fingerprint density at radius 3 is 2.69 bits per heavy atom. The van der Waals surface area contributed by atoms with Crippen LogP contribution < -0.4 is 9.04 Å². The molecular weight excluding hydrogens is 452 g/mol. The van der Waals surface area contributed by atoms with E-state index in [0.29, 0.717) is 30.7 Å². The van der Waals surface area contributed by atoms with E-state index in [2.05, 4.69) is 22.0 Å². The number of nitriles is 1.